The van der Waals surface area contributed by atoms with Crippen LogP contribution in [0.1, 0.15) is 39.2 Å². The lowest BCUT2D eigenvalue weighted by molar-refractivity contribution is 0.0168. The molecule has 5 heteroatoms. The van der Waals surface area contributed by atoms with E-state index in [1.807, 2.05) is 20.8 Å². The molecule has 0 aromatic heterocycles. The first-order chi connectivity index (χ1) is 9.74. The van der Waals surface area contributed by atoms with Gasteiger partial charge >= 0.3 is 6.09 Å². The summed E-state index contributed by atoms with van der Waals surface area (Å²) in [4.78, 5) is 14.1. The number of benzene rings is 1. The van der Waals surface area contributed by atoms with Gasteiger partial charge in [0, 0.05) is 12.1 Å². The first-order valence-corrected chi connectivity index (χ1v) is 7.24. The Bertz CT molecular complexity index is 596. The molecular weight excluding hydrogens is 273 g/mol. The van der Waals surface area contributed by atoms with Crippen LogP contribution in [0.25, 0.3) is 0 Å². The third-order valence-electron chi connectivity index (χ3n) is 4.29. The Morgan fingerprint density at radius 2 is 2.19 bits per heavy atom. The van der Waals surface area contributed by atoms with Crippen molar-refractivity contribution in [2.75, 3.05) is 6.54 Å². The largest absolute Gasteiger partial charge is 0.508 e. The summed E-state index contributed by atoms with van der Waals surface area (Å²) in [6, 6.07) is 3.90. The highest BCUT2D eigenvalue weighted by molar-refractivity contribution is 5.72. The molecule has 0 bridgehead atoms. The van der Waals surface area contributed by atoms with Gasteiger partial charge in [-0.05, 0) is 57.7 Å². The molecule has 3 rings (SSSR count). The smallest absolute Gasteiger partial charge is 0.411 e. The molecule has 0 radical (unpaired) electrons. The third-order valence-corrected chi connectivity index (χ3v) is 4.29. The number of hydrogen-bond acceptors (Lipinski definition) is 3. The molecular formula is C16H20FNO3. The van der Waals surface area contributed by atoms with Gasteiger partial charge in [0.05, 0.1) is 5.54 Å². The fraction of sp³-hybridized carbons (Fsp3) is 0.562. The van der Waals surface area contributed by atoms with Crippen LogP contribution in [-0.2, 0) is 10.3 Å². The predicted octanol–water partition coefficient (Wildman–Crippen LogP) is 3.39. The Labute approximate surface area is 123 Å². The van der Waals surface area contributed by atoms with Crippen LogP contribution in [-0.4, -0.2) is 28.2 Å². The zero-order chi connectivity index (χ0) is 15.4. The average molecular weight is 293 g/mol. The minimum Gasteiger partial charge on any atom is -0.508 e. The number of phenols is 1. The number of likely N-dealkylation sites (tertiary alicyclic amines) is 1. The Kier molecular flexibility index (Phi) is 2.94. The molecule has 0 spiro atoms. The highest BCUT2D eigenvalue weighted by Gasteiger charge is 2.66. The van der Waals surface area contributed by atoms with Crippen molar-refractivity contribution in [1.29, 1.82) is 0 Å². The Morgan fingerprint density at radius 1 is 1.48 bits per heavy atom. The van der Waals surface area contributed by atoms with Crippen molar-refractivity contribution in [3.8, 4) is 5.75 Å². The maximum absolute atomic E-state index is 13.5. The van der Waals surface area contributed by atoms with Crippen molar-refractivity contribution in [2.45, 2.75) is 44.8 Å². The molecule has 1 heterocycles. The minimum atomic E-state index is -0.589. The lowest BCUT2D eigenvalue weighted by atomic mass is 10.0. The van der Waals surface area contributed by atoms with Crippen molar-refractivity contribution >= 4 is 6.09 Å². The van der Waals surface area contributed by atoms with Crippen molar-refractivity contribution in [2.24, 2.45) is 5.92 Å². The quantitative estimate of drug-likeness (QED) is 0.863. The van der Waals surface area contributed by atoms with Gasteiger partial charge < -0.3 is 9.84 Å². The van der Waals surface area contributed by atoms with Gasteiger partial charge in [-0.15, -0.1) is 0 Å². The Hall–Kier alpha value is -1.78. The van der Waals surface area contributed by atoms with Gasteiger partial charge in [-0.2, -0.15) is 0 Å². The van der Waals surface area contributed by atoms with E-state index in [2.05, 4.69) is 0 Å². The van der Waals surface area contributed by atoms with Gasteiger partial charge in [-0.3, -0.25) is 4.90 Å². The molecule has 2 atom stereocenters. The van der Waals surface area contributed by atoms with E-state index in [1.165, 1.54) is 18.2 Å². The molecule has 1 saturated heterocycles. The summed E-state index contributed by atoms with van der Waals surface area (Å²) in [6.07, 6.45) is 1.21. The summed E-state index contributed by atoms with van der Waals surface area (Å²) in [6.45, 7) is 6.03. The maximum Gasteiger partial charge on any atom is 0.411 e. The topological polar surface area (TPSA) is 49.8 Å². The van der Waals surface area contributed by atoms with Crippen LogP contribution in [0.2, 0.25) is 0 Å². The SMILES string of the molecule is CC(C)(C)OC(=O)N1CCC2CC21c1cc(F)ccc1O. The van der Waals surface area contributed by atoms with Gasteiger partial charge in [0.2, 0.25) is 0 Å². The van der Waals surface area contributed by atoms with Crippen molar-refractivity contribution in [1.82, 2.24) is 4.90 Å². The highest BCUT2D eigenvalue weighted by Crippen LogP contribution is 2.64. The first-order valence-electron chi connectivity index (χ1n) is 7.24. The number of piperidine rings is 1. The molecule has 1 N–H and O–H groups in total. The van der Waals surface area contributed by atoms with Gasteiger partial charge in [0.15, 0.2) is 0 Å². The highest BCUT2D eigenvalue weighted by atomic mass is 19.1. The number of fused-ring (bicyclic) bond motifs is 1. The molecule has 1 aliphatic carbocycles. The molecule has 1 saturated carbocycles. The second-order valence-electron chi connectivity index (χ2n) is 6.91. The number of phenolic OH excluding ortho intramolecular Hbond substituents is 1. The van der Waals surface area contributed by atoms with Crippen LogP contribution in [0.3, 0.4) is 0 Å². The van der Waals surface area contributed by atoms with E-state index in [0.29, 0.717) is 12.1 Å². The third kappa shape index (κ3) is 2.24. The van der Waals surface area contributed by atoms with E-state index in [4.69, 9.17) is 4.74 Å². The molecule has 4 nitrogen and oxygen atoms in total. The van der Waals surface area contributed by atoms with E-state index < -0.39 is 23.1 Å². The lowest BCUT2D eigenvalue weighted by Crippen LogP contribution is -2.41. The number of carbonyl (C=O) groups is 1. The minimum absolute atomic E-state index is 0.0364. The van der Waals surface area contributed by atoms with E-state index in [0.717, 1.165) is 12.8 Å². The summed E-state index contributed by atoms with van der Waals surface area (Å²) in [7, 11) is 0. The van der Waals surface area contributed by atoms with Crippen LogP contribution in [0.5, 0.6) is 5.75 Å². The normalized spacial score (nSPS) is 27.4. The Balaban J connectivity index is 1.94. The summed E-state index contributed by atoms with van der Waals surface area (Å²) >= 11 is 0. The van der Waals surface area contributed by atoms with Crippen LogP contribution in [0, 0.1) is 11.7 Å². The van der Waals surface area contributed by atoms with Crippen LogP contribution in [0.15, 0.2) is 18.2 Å². The summed E-state index contributed by atoms with van der Waals surface area (Å²) < 4.78 is 19.0. The van der Waals surface area contributed by atoms with Gasteiger partial charge in [-0.25, -0.2) is 9.18 Å². The lowest BCUT2D eigenvalue weighted by Gasteiger charge is -2.31. The van der Waals surface area contributed by atoms with Crippen LogP contribution >= 0.6 is 0 Å². The standard InChI is InChI=1S/C16H20FNO3/c1-15(2,3)21-14(20)18-7-6-10-9-16(10,18)12-8-11(17)4-5-13(12)19/h4-5,8,10,19H,6-7,9H2,1-3H3. The van der Waals surface area contributed by atoms with Crippen molar-refractivity contribution < 1.29 is 19.0 Å². The monoisotopic (exact) mass is 293 g/mol. The Morgan fingerprint density at radius 3 is 2.81 bits per heavy atom. The number of ether oxygens (including phenoxy) is 1. The first kappa shape index (κ1) is 14.2. The average Bonchev–Trinajstić information content (AvgIpc) is 2.96. The second-order valence-corrected chi connectivity index (χ2v) is 6.91. The maximum atomic E-state index is 13.5. The summed E-state index contributed by atoms with van der Waals surface area (Å²) in [5.41, 5.74) is -0.667. The number of hydrogen-bond donors (Lipinski definition) is 1. The number of aromatic hydroxyl groups is 1. The van der Waals surface area contributed by atoms with E-state index in [-0.39, 0.29) is 11.7 Å². The molecule has 2 aliphatic rings. The van der Waals surface area contributed by atoms with E-state index >= 15 is 0 Å². The summed E-state index contributed by atoms with van der Waals surface area (Å²) in [5.74, 6) is -0.0917. The fourth-order valence-corrected chi connectivity index (χ4v) is 3.37. The molecule has 21 heavy (non-hydrogen) atoms. The molecule has 1 aromatic carbocycles. The van der Waals surface area contributed by atoms with E-state index in [9.17, 15) is 14.3 Å². The van der Waals surface area contributed by atoms with Gasteiger partial charge in [0.1, 0.15) is 17.2 Å². The predicted molar refractivity (Wildman–Crippen MR) is 75.4 cm³/mol. The fourth-order valence-electron chi connectivity index (χ4n) is 3.37. The van der Waals surface area contributed by atoms with Crippen LogP contribution < -0.4 is 0 Å². The number of rotatable bonds is 1. The van der Waals surface area contributed by atoms with Crippen molar-refractivity contribution in [3.63, 3.8) is 0 Å². The summed E-state index contributed by atoms with van der Waals surface area (Å²) in [5, 5.41) is 10.1. The molecule has 2 fully saturated rings. The van der Waals surface area contributed by atoms with Crippen LogP contribution in [0.4, 0.5) is 9.18 Å². The molecule has 1 aliphatic heterocycles. The van der Waals surface area contributed by atoms with E-state index in [1.54, 1.807) is 4.90 Å². The van der Waals surface area contributed by atoms with Gasteiger partial charge in [0.25, 0.3) is 0 Å². The number of nitrogens with zero attached hydrogens (tertiary/aromatic N) is 1. The molecule has 1 amide bonds. The zero-order valence-corrected chi connectivity index (χ0v) is 12.5. The molecule has 114 valence electrons. The zero-order valence-electron chi connectivity index (χ0n) is 12.5. The van der Waals surface area contributed by atoms with Gasteiger partial charge in [-0.1, -0.05) is 0 Å². The number of amides is 1. The number of carbonyl (C=O) groups excluding carboxylic acids is 1. The second kappa shape index (κ2) is 4.36. The molecule has 2 unspecified atom stereocenters. The molecule has 1 aromatic rings. The van der Waals surface area contributed by atoms with Crippen molar-refractivity contribution in [3.05, 3.63) is 29.6 Å². The number of halogens is 1.